The van der Waals surface area contributed by atoms with Gasteiger partial charge in [0.15, 0.2) is 0 Å². The van der Waals surface area contributed by atoms with E-state index < -0.39 is 0 Å². The van der Waals surface area contributed by atoms with E-state index in [4.69, 9.17) is 4.74 Å². The Balaban J connectivity index is 1.89. The molecule has 0 aliphatic heterocycles. The number of imidazole rings is 1. The predicted molar refractivity (Wildman–Crippen MR) is 64.8 cm³/mol. The van der Waals surface area contributed by atoms with Gasteiger partial charge in [-0.2, -0.15) is 4.98 Å². The monoisotopic (exact) mass is 219 g/mol. The van der Waals surface area contributed by atoms with E-state index in [1.807, 2.05) is 24.3 Å². The molecular formula is C12H17N3O. The van der Waals surface area contributed by atoms with Crippen molar-refractivity contribution in [1.82, 2.24) is 14.9 Å². The maximum Gasteiger partial charge on any atom is 0.294 e. The fraction of sp³-hybridized carbons (Fsp3) is 0.417. The molecule has 0 radical (unpaired) electrons. The molecular weight excluding hydrogens is 202 g/mol. The second-order valence-electron chi connectivity index (χ2n) is 4.06. The molecule has 2 rings (SSSR count). The summed E-state index contributed by atoms with van der Waals surface area (Å²) in [6.45, 7) is 1.72. The quantitative estimate of drug-likeness (QED) is 0.781. The Hall–Kier alpha value is -1.55. The normalized spacial score (nSPS) is 11.2. The van der Waals surface area contributed by atoms with Gasteiger partial charge in [-0.3, -0.25) is 0 Å². The van der Waals surface area contributed by atoms with E-state index in [2.05, 4.69) is 29.0 Å². The average Bonchev–Trinajstić information content (AvgIpc) is 2.66. The number of rotatable bonds is 5. The number of aromatic amines is 1. The van der Waals surface area contributed by atoms with Gasteiger partial charge in [0.2, 0.25) is 0 Å². The van der Waals surface area contributed by atoms with Crippen LogP contribution in [0.3, 0.4) is 0 Å². The van der Waals surface area contributed by atoms with Gasteiger partial charge in [-0.05, 0) is 32.6 Å². The molecule has 1 aromatic heterocycles. The molecule has 86 valence electrons. The van der Waals surface area contributed by atoms with Crippen LogP contribution in [0.15, 0.2) is 24.3 Å². The molecule has 4 nitrogen and oxygen atoms in total. The first-order valence-electron chi connectivity index (χ1n) is 5.48. The van der Waals surface area contributed by atoms with Crippen molar-refractivity contribution in [3.8, 4) is 6.01 Å². The lowest BCUT2D eigenvalue weighted by Gasteiger charge is -2.08. The summed E-state index contributed by atoms with van der Waals surface area (Å²) in [6.07, 6.45) is 1.00. The molecule has 0 aliphatic carbocycles. The smallest absolute Gasteiger partial charge is 0.294 e. The summed E-state index contributed by atoms with van der Waals surface area (Å²) in [5.41, 5.74) is 1.97. The third kappa shape index (κ3) is 2.73. The SMILES string of the molecule is CN(C)CCCOc1nc2ccccc2[nH]1. The molecule has 1 aromatic carbocycles. The third-order valence-corrected chi connectivity index (χ3v) is 2.36. The first-order chi connectivity index (χ1) is 7.75. The van der Waals surface area contributed by atoms with E-state index in [1.165, 1.54) is 0 Å². The number of ether oxygens (including phenoxy) is 1. The van der Waals surface area contributed by atoms with E-state index in [-0.39, 0.29) is 0 Å². The molecule has 4 heteroatoms. The minimum atomic E-state index is 0.611. The van der Waals surface area contributed by atoms with E-state index in [1.54, 1.807) is 0 Å². The maximum absolute atomic E-state index is 5.55. The van der Waals surface area contributed by atoms with Crippen molar-refractivity contribution in [3.63, 3.8) is 0 Å². The summed E-state index contributed by atoms with van der Waals surface area (Å²) in [5, 5.41) is 0. The topological polar surface area (TPSA) is 41.1 Å². The number of benzene rings is 1. The number of hydrogen-bond acceptors (Lipinski definition) is 3. The van der Waals surface area contributed by atoms with Crippen LogP contribution in [0, 0.1) is 0 Å². The molecule has 0 unspecified atom stereocenters. The Bertz CT molecular complexity index is 417. The van der Waals surface area contributed by atoms with E-state index >= 15 is 0 Å². The maximum atomic E-state index is 5.55. The highest BCUT2D eigenvalue weighted by atomic mass is 16.5. The van der Waals surface area contributed by atoms with Gasteiger partial charge in [0.05, 0.1) is 17.6 Å². The van der Waals surface area contributed by atoms with Crippen LogP contribution in [-0.4, -0.2) is 42.1 Å². The van der Waals surface area contributed by atoms with Gasteiger partial charge in [-0.15, -0.1) is 0 Å². The highest BCUT2D eigenvalue weighted by molar-refractivity contribution is 5.75. The molecule has 0 saturated heterocycles. The minimum absolute atomic E-state index is 0.611. The van der Waals surface area contributed by atoms with Crippen LogP contribution in [-0.2, 0) is 0 Å². The fourth-order valence-corrected chi connectivity index (χ4v) is 1.55. The first kappa shape index (κ1) is 11.0. The Morgan fingerprint density at radius 2 is 2.12 bits per heavy atom. The lowest BCUT2D eigenvalue weighted by Crippen LogP contribution is -2.15. The zero-order valence-corrected chi connectivity index (χ0v) is 9.73. The second kappa shape index (κ2) is 4.99. The summed E-state index contributed by atoms with van der Waals surface area (Å²) < 4.78 is 5.55. The van der Waals surface area contributed by atoms with Crippen LogP contribution in [0.5, 0.6) is 6.01 Å². The van der Waals surface area contributed by atoms with E-state index in [0.29, 0.717) is 12.6 Å². The Labute approximate surface area is 95.2 Å². The largest absolute Gasteiger partial charge is 0.465 e. The van der Waals surface area contributed by atoms with E-state index in [9.17, 15) is 0 Å². The molecule has 0 atom stereocenters. The van der Waals surface area contributed by atoms with Crippen molar-refractivity contribution in [1.29, 1.82) is 0 Å². The van der Waals surface area contributed by atoms with Gasteiger partial charge in [-0.1, -0.05) is 12.1 Å². The van der Waals surface area contributed by atoms with Crippen molar-refractivity contribution in [2.45, 2.75) is 6.42 Å². The summed E-state index contributed by atoms with van der Waals surface area (Å²) >= 11 is 0. The van der Waals surface area contributed by atoms with Crippen molar-refractivity contribution >= 4 is 11.0 Å². The zero-order chi connectivity index (χ0) is 11.4. The van der Waals surface area contributed by atoms with Crippen LogP contribution in [0.4, 0.5) is 0 Å². The number of aromatic nitrogens is 2. The molecule has 0 saturated carbocycles. The third-order valence-electron chi connectivity index (χ3n) is 2.36. The van der Waals surface area contributed by atoms with Crippen molar-refractivity contribution in [3.05, 3.63) is 24.3 Å². The molecule has 0 fully saturated rings. The molecule has 0 aliphatic rings. The van der Waals surface area contributed by atoms with Crippen LogP contribution in [0.1, 0.15) is 6.42 Å². The second-order valence-corrected chi connectivity index (χ2v) is 4.06. The zero-order valence-electron chi connectivity index (χ0n) is 9.73. The summed E-state index contributed by atoms with van der Waals surface area (Å²) in [6, 6.07) is 8.53. The number of fused-ring (bicyclic) bond motifs is 1. The van der Waals surface area contributed by atoms with Gasteiger partial charge in [-0.25, -0.2) is 0 Å². The van der Waals surface area contributed by atoms with E-state index in [0.717, 1.165) is 24.0 Å². The molecule has 0 bridgehead atoms. The van der Waals surface area contributed by atoms with Gasteiger partial charge >= 0.3 is 0 Å². The summed E-state index contributed by atoms with van der Waals surface area (Å²) in [7, 11) is 4.11. The van der Waals surface area contributed by atoms with Crippen molar-refractivity contribution in [2.24, 2.45) is 0 Å². The van der Waals surface area contributed by atoms with Gasteiger partial charge in [0.25, 0.3) is 6.01 Å². The predicted octanol–water partition coefficient (Wildman–Crippen LogP) is 1.89. The van der Waals surface area contributed by atoms with Crippen molar-refractivity contribution < 1.29 is 4.74 Å². The molecule has 2 aromatic rings. The Morgan fingerprint density at radius 3 is 2.88 bits per heavy atom. The molecule has 1 N–H and O–H groups in total. The Kier molecular flexibility index (Phi) is 3.41. The number of nitrogens with zero attached hydrogens (tertiary/aromatic N) is 2. The van der Waals surface area contributed by atoms with Gasteiger partial charge in [0, 0.05) is 6.54 Å². The Morgan fingerprint density at radius 1 is 1.31 bits per heavy atom. The molecule has 0 amide bonds. The fourth-order valence-electron chi connectivity index (χ4n) is 1.55. The molecule has 1 heterocycles. The molecule has 16 heavy (non-hydrogen) atoms. The van der Waals surface area contributed by atoms with Crippen LogP contribution < -0.4 is 4.74 Å². The molecule has 0 spiro atoms. The standard InChI is InChI=1S/C12H17N3O/c1-15(2)8-5-9-16-12-13-10-6-3-4-7-11(10)14-12/h3-4,6-7H,5,8-9H2,1-2H3,(H,13,14). The van der Waals surface area contributed by atoms with Gasteiger partial charge in [0.1, 0.15) is 0 Å². The first-order valence-corrected chi connectivity index (χ1v) is 5.48. The number of para-hydroxylation sites is 2. The highest BCUT2D eigenvalue weighted by Crippen LogP contribution is 2.14. The average molecular weight is 219 g/mol. The lowest BCUT2D eigenvalue weighted by atomic mass is 10.3. The van der Waals surface area contributed by atoms with Gasteiger partial charge < -0.3 is 14.6 Å². The van der Waals surface area contributed by atoms with Crippen LogP contribution in [0.25, 0.3) is 11.0 Å². The summed E-state index contributed by atoms with van der Waals surface area (Å²) in [4.78, 5) is 9.62. The highest BCUT2D eigenvalue weighted by Gasteiger charge is 2.01. The van der Waals surface area contributed by atoms with Crippen LogP contribution in [0.2, 0.25) is 0 Å². The number of nitrogens with one attached hydrogen (secondary N) is 1. The summed E-state index contributed by atoms with van der Waals surface area (Å²) in [5.74, 6) is 0. The minimum Gasteiger partial charge on any atom is -0.465 e. The lowest BCUT2D eigenvalue weighted by molar-refractivity contribution is 0.266. The number of hydrogen-bond donors (Lipinski definition) is 1. The van der Waals surface area contributed by atoms with Crippen LogP contribution >= 0.6 is 0 Å². The van der Waals surface area contributed by atoms with Crippen molar-refractivity contribution in [2.75, 3.05) is 27.2 Å². The number of H-pyrrole nitrogens is 1.